The van der Waals surface area contributed by atoms with Gasteiger partial charge in [0, 0.05) is 19.6 Å². The molecule has 3 amide bonds. The van der Waals surface area contributed by atoms with E-state index in [1.165, 1.54) is 35.5 Å². The summed E-state index contributed by atoms with van der Waals surface area (Å²) < 4.78 is 0. The smallest absolute Gasteiger partial charge is 0.318 e. The molecule has 1 aliphatic carbocycles. The second-order valence-electron chi connectivity index (χ2n) is 5.08. The minimum Gasteiger partial charge on any atom is -0.318 e. The lowest BCUT2D eigenvalue weighted by Gasteiger charge is -2.26. The number of hydrogen-bond donors (Lipinski definition) is 1. The first kappa shape index (κ1) is 12.4. The molecule has 1 heterocycles. The number of carbonyl (C=O) groups is 2. The van der Waals surface area contributed by atoms with E-state index in [1.54, 1.807) is 7.05 Å². The normalized spacial score (nSPS) is 23.9. The first-order chi connectivity index (χ1) is 8.13. The number of urea groups is 1. The molecule has 96 valence electrons. The molecule has 0 radical (unpaired) electrons. The van der Waals surface area contributed by atoms with E-state index in [2.05, 4.69) is 5.32 Å². The third-order valence-corrected chi connectivity index (χ3v) is 3.95. The van der Waals surface area contributed by atoms with E-state index in [0.717, 1.165) is 0 Å². The molecular weight excluding hydrogens is 218 g/mol. The van der Waals surface area contributed by atoms with Crippen molar-refractivity contribution in [2.75, 3.05) is 27.2 Å². The monoisotopic (exact) mass is 239 g/mol. The number of imide groups is 1. The molecule has 5 nitrogen and oxygen atoms in total. The van der Waals surface area contributed by atoms with Crippen molar-refractivity contribution in [1.82, 2.24) is 15.1 Å². The van der Waals surface area contributed by atoms with Crippen molar-refractivity contribution >= 4 is 11.9 Å². The molecule has 1 atom stereocenters. The number of likely N-dealkylation sites (N-methyl/N-ethyl adjacent to an activating group) is 2. The lowest BCUT2D eigenvalue weighted by atomic mass is 9.98. The van der Waals surface area contributed by atoms with Crippen LogP contribution in [0.15, 0.2) is 0 Å². The van der Waals surface area contributed by atoms with Gasteiger partial charge in [-0.2, -0.15) is 0 Å². The number of nitrogens with one attached hydrogen (secondary N) is 1. The predicted molar refractivity (Wildman–Crippen MR) is 64.5 cm³/mol. The fraction of sp³-hybridized carbons (Fsp3) is 0.833. The fourth-order valence-corrected chi connectivity index (χ4v) is 2.88. The van der Waals surface area contributed by atoms with Gasteiger partial charge in [-0.05, 0) is 25.8 Å². The Morgan fingerprint density at radius 1 is 1.35 bits per heavy atom. The molecule has 1 saturated heterocycles. The van der Waals surface area contributed by atoms with Gasteiger partial charge in [-0.3, -0.25) is 9.69 Å². The van der Waals surface area contributed by atoms with E-state index < -0.39 is 0 Å². The summed E-state index contributed by atoms with van der Waals surface area (Å²) in [6.45, 7) is 0.739. The van der Waals surface area contributed by atoms with Crippen LogP contribution in [0.2, 0.25) is 0 Å². The van der Waals surface area contributed by atoms with Crippen molar-refractivity contribution in [1.29, 1.82) is 0 Å². The molecular formula is C12H21N3O2. The van der Waals surface area contributed by atoms with Crippen LogP contribution < -0.4 is 5.32 Å². The predicted octanol–water partition coefficient (Wildman–Crippen LogP) is 0.659. The summed E-state index contributed by atoms with van der Waals surface area (Å²) in [4.78, 5) is 26.3. The molecule has 2 fully saturated rings. The maximum absolute atomic E-state index is 11.8. The Morgan fingerprint density at radius 2 is 2.00 bits per heavy atom. The minimum absolute atomic E-state index is 0.0734. The quantitative estimate of drug-likeness (QED) is 0.733. The van der Waals surface area contributed by atoms with E-state index in [0.29, 0.717) is 12.5 Å². The van der Waals surface area contributed by atoms with Crippen LogP contribution in [0.3, 0.4) is 0 Å². The van der Waals surface area contributed by atoms with Crippen LogP contribution in [0.1, 0.15) is 25.7 Å². The van der Waals surface area contributed by atoms with E-state index >= 15 is 0 Å². The molecule has 17 heavy (non-hydrogen) atoms. The SMILES string of the molecule is CNC(CN1C(=O)CN(C)C1=O)C1CCCC1. The minimum atomic E-state index is -0.159. The van der Waals surface area contributed by atoms with Crippen molar-refractivity contribution in [2.24, 2.45) is 5.92 Å². The van der Waals surface area contributed by atoms with Crippen molar-refractivity contribution in [3.05, 3.63) is 0 Å². The molecule has 1 unspecified atom stereocenters. The van der Waals surface area contributed by atoms with Crippen LogP contribution in [0.4, 0.5) is 4.79 Å². The molecule has 0 spiro atoms. The second kappa shape index (κ2) is 5.04. The van der Waals surface area contributed by atoms with E-state index in [4.69, 9.17) is 0 Å². The zero-order valence-electron chi connectivity index (χ0n) is 10.6. The third-order valence-electron chi connectivity index (χ3n) is 3.95. The Hall–Kier alpha value is -1.10. The average molecular weight is 239 g/mol. The summed E-state index contributed by atoms with van der Waals surface area (Å²) >= 11 is 0. The highest BCUT2D eigenvalue weighted by atomic mass is 16.2. The molecule has 5 heteroatoms. The number of amides is 3. The summed E-state index contributed by atoms with van der Waals surface area (Å²) in [6, 6.07) is 0.0881. The van der Waals surface area contributed by atoms with Gasteiger partial charge in [0.2, 0.25) is 5.91 Å². The van der Waals surface area contributed by atoms with Gasteiger partial charge in [-0.15, -0.1) is 0 Å². The van der Waals surface area contributed by atoms with Crippen LogP contribution in [0, 0.1) is 5.92 Å². The zero-order chi connectivity index (χ0) is 12.4. The van der Waals surface area contributed by atoms with Gasteiger partial charge in [0.05, 0.1) is 0 Å². The molecule has 1 aliphatic heterocycles. The van der Waals surface area contributed by atoms with Crippen molar-refractivity contribution < 1.29 is 9.59 Å². The Balaban J connectivity index is 1.98. The van der Waals surface area contributed by atoms with Crippen LogP contribution in [0.5, 0.6) is 0 Å². The molecule has 0 bridgehead atoms. The summed E-state index contributed by atoms with van der Waals surface area (Å²) in [5.74, 6) is 0.530. The van der Waals surface area contributed by atoms with Crippen molar-refractivity contribution in [3.63, 3.8) is 0 Å². The van der Waals surface area contributed by atoms with Crippen molar-refractivity contribution in [2.45, 2.75) is 31.7 Å². The molecule has 2 rings (SSSR count). The van der Waals surface area contributed by atoms with Gasteiger partial charge in [-0.25, -0.2) is 4.79 Å². The highest BCUT2D eigenvalue weighted by Crippen LogP contribution is 2.28. The number of rotatable bonds is 4. The first-order valence-electron chi connectivity index (χ1n) is 6.36. The molecule has 2 aliphatic rings. The number of nitrogens with zero attached hydrogens (tertiary/aromatic N) is 2. The molecule has 1 N–H and O–H groups in total. The highest BCUT2D eigenvalue weighted by molar-refractivity contribution is 6.01. The molecule has 0 aromatic rings. The highest BCUT2D eigenvalue weighted by Gasteiger charge is 2.36. The van der Waals surface area contributed by atoms with Crippen LogP contribution in [-0.2, 0) is 4.79 Å². The Labute approximate surface area is 102 Å². The van der Waals surface area contributed by atoms with Gasteiger partial charge in [0.1, 0.15) is 6.54 Å². The topological polar surface area (TPSA) is 52.7 Å². The number of carbonyl (C=O) groups excluding carboxylic acids is 2. The molecule has 1 saturated carbocycles. The van der Waals surface area contributed by atoms with Gasteiger partial charge in [0.15, 0.2) is 0 Å². The van der Waals surface area contributed by atoms with Gasteiger partial charge >= 0.3 is 6.03 Å². The summed E-state index contributed by atoms with van der Waals surface area (Å²) in [6.07, 6.45) is 4.95. The van der Waals surface area contributed by atoms with Crippen LogP contribution in [-0.4, -0.2) is 55.0 Å². The Kier molecular flexibility index (Phi) is 3.66. The molecule has 0 aromatic carbocycles. The maximum atomic E-state index is 11.8. The fourth-order valence-electron chi connectivity index (χ4n) is 2.88. The lowest BCUT2D eigenvalue weighted by Crippen LogP contribution is -2.46. The summed E-state index contributed by atoms with van der Waals surface area (Å²) in [5, 5.41) is 3.26. The third kappa shape index (κ3) is 2.44. The summed E-state index contributed by atoms with van der Waals surface area (Å²) in [7, 11) is 3.59. The zero-order valence-corrected chi connectivity index (χ0v) is 10.6. The second-order valence-corrected chi connectivity index (χ2v) is 5.08. The van der Waals surface area contributed by atoms with E-state index in [9.17, 15) is 9.59 Å². The Morgan fingerprint density at radius 3 is 2.47 bits per heavy atom. The lowest BCUT2D eigenvalue weighted by molar-refractivity contribution is -0.125. The Bertz CT molecular complexity index is 313. The maximum Gasteiger partial charge on any atom is 0.327 e. The molecule has 0 aromatic heterocycles. The number of hydrogen-bond acceptors (Lipinski definition) is 3. The van der Waals surface area contributed by atoms with Gasteiger partial charge in [0.25, 0.3) is 0 Å². The van der Waals surface area contributed by atoms with Crippen LogP contribution in [0.25, 0.3) is 0 Å². The van der Waals surface area contributed by atoms with E-state index in [1.807, 2.05) is 7.05 Å². The van der Waals surface area contributed by atoms with Gasteiger partial charge < -0.3 is 10.2 Å². The summed E-state index contributed by atoms with van der Waals surface area (Å²) in [5.41, 5.74) is 0. The standard InChI is InChI=1S/C12H21N3O2/c1-13-10(9-5-3-4-6-9)7-15-11(16)8-14(2)12(15)17/h9-10,13H,3-8H2,1-2H3. The van der Waals surface area contributed by atoms with E-state index in [-0.39, 0.29) is 24.5 Å². The average Bonchev–Trinajstić information content (AvgIpc) is 2.89. The van der Waals surface area contributed by atoms with Gasteiger partial charge in [-0.1, -0.05) is 12.8 Å². The first-order valence-corrected chi connectivity index (χ1v) is 6.36. The van der Waals surface area contributed by atoms with Crippen molar-refractivity contribution in [3.8, 4) is 0 Å². The van der Waals surface area contributed by atoms with Crippen LogP contribution >= 0.6 is 0 Å². The largest absolute Gasteiger partial charge is 0.327 e.